The van der Waals surface area contributed by atoms with E-state index >= 15 is 0 Å². The molecular formula is C17H25NO3. The van der Waals surface area contributed by atoms with Crippen LogP contribution in [0.5, 0.6) is 11.5 Å². The molecule has 3 rings (SSSR count). The lowest BCUT2D eigenvalue weighted by Crippen LogP contribution is -2.36. The Hall–Kier alpha value is -1.42. The van der Waals surface area contributed by atoms with Crippen LogP contribution < -0.4 is 14.8 Å². The van der Waals surface area contributed by atoms with E-state index in [1.54, 1.807) is 0 Å². The van der Waals surface area contributed by atoms with Crippen molar-refractivity contribution in [1.29, 1.82) is 0 Å². The third-order valence-electron chi connectivity index (χ3n) is 4.18. The zero-order valence-electron chi connectivity index (χ0n) is 12.9. The van der Waals surface area contributed by atoms with Gasteiger partial charge in [-0.25, -0.2) is 0 Å². The molecule has 1 N–H and O–H groups in total. The van der Waals surface area contributed by atoms with Gasteiger partial charge in [0, 0.05) is 30.8 Å². The van der Waals surface area contributed by atoms with Crippen molar-refractivity contribution in [2.45, 2.75) is 45.3 Å². The summed E-state index contributed by atoms with van der Waals surface area (Å²) in [6, 6.07) is 6.60. The summed E-state index contributed by atoms with van der Waals surface area (Å²) in [5.41, 5.74) is 1.11. The van der Waals surface area contributed by atoms with Crippen LogP contribution in [-0.2, 0) is 4.74 Å². The minimum absolute atomic E-state index is 0.358. The lowest BCUT2D eigenvalue weighted by atomic mass is 9.95. The Morgan fingerprint density at radius 3 is 2.71 bits per heavy atom. The standard InChI is InChI=1S/C17H25NO3/c1-12(2)16-10-14(6-9-21-16)18-13-4-5-15-17(11-13)20-8-3-7-19-15/h4-5,11-12,14,16,18H,3,6-10H2,1-2H3. The Labute approximate surface area is 126 Å². The molecule has 0 amide bonds. The topological polar surface area (TPSA) is 39.7 Å². The quantitative estimate of drug-likeness (QED) is 0.925. The molecule has 4 nitrogen and oxygen atoms in total. The first kappa shape index (κ1) is 14.5. The summed E-state index contributed by atoms with van der Waals surface area (Å²) in [5.74, 6) is 2.27. The molecule has 0 bridgehead atoms. The average molecular weight is 291 g/mol. The van der Waals surface area contributed by atoms with Crippen molar-refractivity contribution in [1.82, 2.24) is 0 Å². The number of hydrogen-bond donors (Lipinski definition) is 1. The van der Waals surface area contributed by atoms with Gasteiger partial charge in [-0.2, -0.15) is 0 Å². The van der Waals surface area contributed by atoms with Gasteiger partial charge in [0.2, 0.25) is 0 Å². The highest BCUT2D eigenvalue weighted by atomic mass is 16.5. The van der Waals surface area contributed by atoms with Gasteiger partial charge in [0.15, 0.2) is 11.5 Å². The molecule has 2 atom stereocenters. The molecule has 4 heteroatoms. The van der Waals surface area contributed by atoms with Gasteiger partial charge in [0.05, 0.1) is 19.3 Å². The van der Waals surface area contributed by atoms with E-state index in [-0.39, 0.29) is 0 Å². The van der Waals surface area contributed by atoms with Crippen molar-refractivity contribution in [2.75, 3.05) is 25.1 Å². The highest BCUT2D eigenvalue weighted by molar-refractivity contribution is 5.55. The van der Waals surface area contributed by atoms with Gasteiger partial charge in [-0.1, -0.05) is 13.8 Å². The molecule has 0 aromatic heterocycles. The van der Waals surface area contributed by atoms with Crippen LogP contribution in [0.2, 0.25) is 0 Å². The molecular weight excluding hydrogens is 266 g/mol. The van der Waals surface area contributed by atoms with E-state index in [0.717, 1.165) is 56.3 Å². The number of ether oxygens (including phenoxy) is 3. The van der Waals surface area contributed by atoms with Gasteiger partial charge in [0.1, 0.15) is 0 Å². The van der Waals surface area contributed by atoms with Crippen LogP contribution in [0.25, 0.3) is 0 Å². The molecule has 1 saturated heterocycles. The molecule has 0 radical (unpaired) electrons. The highest BCUT2D eigenvalue weighted by Gasteiger charge is 2.25. The number of rotatable bonds is 3. The zero-order chi connectivity index (χ0) is 14.7. The molecule has 0 aliphatic carbocycles. The van der Waals surface area contributed by atoms with Gasteiger partial charge in [0.25, 0.3) is 0 Å². The third-order valence-corrected chi connectivity index (χ3v) is 4.18. The summed E-state index contributed by atoms with van der Waals surface area (Å²) in [4.78, 5) is 0. The predicted octanol–water partition coefficient (Wildman–Crippen LogP) is 3.46. The van der Waals surface area contributed by atoms with Gasteiger partial charge in [-0.15, -0.1) is 0 Å². The van der Waals surface area contributed by atoms with Crippen LogP contribution in [0.1, 0.15) is 33.1 Å². The first-order valence-electron chi connectivity index (χ1n) is 8.00. The van der Waals surface area contributed by atoms with Gasteiger partial charge < -0.3 is 19.5 Å². The largest absolute Gasteiger partial charge is 0.490 e. The molecule has 116 valence electrons. The smallest absolute Gasteiger partial charge is 0.163 e. The van der Waals surface area contributed by atoms with Crippen LogP contribution in [0.15, 0.2) is 18.2 Å². The molecule has 0 saturated carbocycles. The molecule has 2 aliphatic rings. The Balaban J connectivity index is 1.66. The minimum atomic E-state index is 0.358. The van der Waals surface area contributed by atoms with Gasteiger partial charge in [-0.05, 0) is 30.9 Å². The van der Waals surface area contributed by atoms with Crippen molar-refractivity contribution in [2.24, 2.45) is 5.92 Å². The number of benzene rings is 1. The molecule has 21 heavy (non-hydrogen) atoms. The molecule has 2 unspecified atom stereocenters. The van der Waals surface area contributed by atoms with E-state index in [1.807, 2.05) is 6.07 Å². The van der Waals surface area contributed by atoms with Crippen molar-refractivity contribution < 1.29 is 14.2 Å². The lowest BCUT2D eigenvalue weighted by molar-refractivity contribution is -0.0160. The van der Waals surface area contributed by atoms with Crippen molar-refractivity contribution in [3.8, 4) is 11.5 Å². The summed E-state index contributed by atoms with van der Waals surface area (Å²) < 4.78 is 17.2. The Morgan fingerprint density at radius 2 is 1.90 bits per heavy atom. The summed E-state index contributed by atoms with van der Waals surface area (Å²) in [6.45, 7) is 6.74. The summed E-state index contributed by atoms with van der Waals surface area (Å²) in [6.07, 6.45) is 3.41. The Morgan fingerprint density at radius 1 is 1.10 bits per heavy atom. The van der Waals surface area contributed by atoms with Crippen LogP contribution in [0.3, 0.4) is 0 Å². The maximum Gasteiger partial charge on any atom is 0.163 e. The monoisotopic (exact) mass is 291 g/mol. The van der Waals surface area contributed by atoms with Crippen LogP contribution in [-0.4, -0.2) is 32.0 Å². The molecule has 2 heterocycles. The maximum absolute atomic E-state index is 5.83. The predicted molar refractivity (Wildman–Crippen MR) is 83.3 cm³/mol. The van der Waals surface area contributed by atoms with E-state index in [2.05, 4.69) is 31.3 Å². The van der Waals surface area contributed by atoms with Crippen LogP contribution >= 0.6 is 0 Å². The minimum Gasteiger partial charge on any atom is -0.490 e. The Bertz CT molecular complexity index is 475. The van der Waals surface area contributed by atoms with E-state index in [0.29, 0.717) is 18.1 Å². The summed E-state index contributed by atoms with van der Waals surface area (Å²) in [5, 5.41) is 3.62. The van der Waals surface area contributed by atoms with Gasteiger partial charge in [-0.3, -0.25) is 0 Å². The van der Waals surface area contributed by atoms with Crippen molar-refractivity contribution >= 4 is 5.69 Å². The normalized spacial score (nSPS) is 25.5. The van der Waals surface area contributed by atoms with E-state index in [1.165, 1.54) is 0 Å². The Kier molecular flexibility index (Phi) is 4.54. The number of anilines is 1. The van der Waals surface area contributed by atoms with E-state index in [4.69, 9.17) is 14.2 Å². The van der Waals surface area contributed by atoms with E-state index < -0.39 is 0 Å². The number of fused-ring (bicyclic) bond motifs is 1. The van der Waals surface area contributed by atoms with Crippen LogP contribution in [0, 0.1) is 5.92 Å². The first-order valence-corrected chi connectivity index (χ1v) is 8.00. The molecule has 1 fully saturated rings. The first-order chi connectivity index (χ1) is 10.2. The molecule has 1 aromatic rings. The third kappa shape index (κ3) is 3.62. The lowest BCUT2D eigenvalue weighted by Gasteiger charge is -2.33. The number of nitrogens with one attached hydrogen (secondary N) is 1. The fourth-order valence-corrected chi connectivity index (χ4v) is 2.91. The van der Waals surface area contributed by atoms with E-state index in [9.17, 15) is 0 Å². The maximum atomic E-state index is 5.83. The SMILES string of the molecule is CC(C)C1CC(Nc2ccc3c(c2)OCCCO3)CCO1. The second kappa shape index (κ2) is 6.56. The average Bonchev–Trinajstić information content (AvgIpc) is 2.72. The second-order valence-electron chi connectivity index (χ2n) is 6.23. The molecule has 0 spiro atoms. The fraction of sp³-hybridized carbons (Fsp3) is 0.647. The molecule has 2 aliphatic heterocycles. The van der Waals surface area contributed by atoms with Crippen molar-refractivity contribution in [3.63, 3.8) is 0 Å². The number of hydrogen-bond acceptors (Lipinski definition) is 4. The highest BCUT2D eigenvalue weighted by Crippen LogP contribution is 2.33. The fourth-order valence-electron chi connectivity index (χ4n) is 2.91. The zero-order valence-corrected chi connectivity index (χ0v) is 12.9. The van der Waals surface area contributed by atoms with Crippen molar-refractivity contribution in [3.05, 3.63) is 18.2 Å². The summed E-state index contributed by atoms with van der Waals surface area (Å²) >= 11 is 0. The second-order valence-corrected chi connectivity index (χ2v) is 6.23. The molecule has 1 aromatic carbocycles. The van der Waals surface area contributed by atoms with Crippen LogP contribution in [0.4, 0.5) is 5.69 Å². The summed E-state index contributed by atoms with van der Waals surface area (Å²) in [7, 11) is 0. The van der Waals surface area contributed by atoms with Gasteiger partial charge >= 0.3 is 0 Å².